The molecule has 2 rings (SSSR count). The number of Topliss-reactive ketones (excluding diaryl/α,β-unsaturated/α-hetero) is 1. The van der Waals surface area contributed by atoms with Gasteiger partial charge in [-0.2, -0.15) is 0 Å². The van der Waals surface area contributed by atoms with Crippen LogP contribution in [-0.2, 0) is 6.61 Å². The van der Waals surface area contributed by atoms with Gasteiger partial charge in [-0.1, -0.05) is 0 Å². The number of hydrogen-bond donors (Lipinski definition) is 0. The quantitative estimate of drug-likeness (QED) is 0.770. The standard InChI is InChI=1S/C14H14N2O3/c1-10(17)11-4-5-12(13(8-11)18-2)19-9-14-15-6-3-7-16-14/h3-8H,9H2,1-2H3. The molecule has 0 aliphatic carbocycles. The normalized spacial score (nSPS) is 10.0. The first-order chi connectivity index (χ1) is 9.20. The van der Waals surface area contributed by atoms with Gasteiger partial charge in [0.2, 0.25) is 0 Å². The van der Waals surface area contributed by atoms with Crippen molar-refractivity contribution in [2.75, 3.05) is 7.11 Å². The number of carbonyl (C=O) groups excluding carboxylic acids is 1. The highest BCUT2D eigenvalue weighted by Crippen LogP contribution is 2.28. The van der Waals surface area contributed by atoms with E-state index in [1.165, 1.54) is 14.0 Å². The van der Waals surface area contributed by atoms with Crippen LogP contribution in [-0.4, -0.2) is 22.9 Å². The monoisotopic (exact) mass is 258 g/mol. The maximum absolute atomic E-state index is 11.3. The number of nitrogens with zero attached hydrogens (tertiary/aromatic N) is 2. The van der Waals surface area contributed by atoms with Gasteiger partial charge >= 0.3 is 0 Å². The summed E-state index contributed by atoms with van der Waals surface area (Å²) in [5.41, 5.74) is 0.583. The fourth-order valence-electron chi connectivity index (χ4n) is 1.55. The Morgan fingerprint density at radius 2 is 1.95 bits per heavy atom. The summed E-state index contributed by atoms with van der Waals surface area (Å²) in [5, 5.41) is 0. The summed E-state index contributed by atoms with van der Waals surface area (Å²) in [6.07, 6.45) is 3.31. The molecule has 0 saturated carbocycles. The first-order valence-electron chi connectivity index (χ1n) is 5.78. The van der Waals surface area contributed by atoms with Crippen LogP contribution in [0.2, 0.25) is 0 Å². The minimum Gasteiger partial charge on any atom is -0.493 e. The Kier molecular flexibility index (Phi) is 4.07. The first-order valence-corrected chi connectivity index (χ1v) is 5.78. The maximum atomic E-state index is 11.3. The molecule has 0 atom stereocenters. The van der Waals surface area contributed by atoms with E-state index in [1.807, 2.05) is 0 Å². The lowest BCUT2D eigenvalue weighted by Gasteiger charge is -2.10. The van der Waals surface area contributed by atoms with Crippen molar-refractivity contribution in [3.8, 4) is 11.5 Å². The number of rotatable bonds is 5. The van der Waals surface area contributed by atoms with Gasteiger partial charge in [0.05, 0.1) is 7.11 Å². The molecule has 19 heavy (non-hydrogen) atoms. The van der Waals surface area contributed by atoms with Gasteiger partial charge in [-0.05, 0) is 31.2 Å². The largest absolute Gasteiger partial charge is 0.493 e. The Balaban J connectivity index is 2.14. The fraction of sp³-hybridized carbons (Fsp3) is 0.214. The maximum Gasteiger partial charge on any atom is 0.166 e. The number of carbonyl (C=O) groups is 1. The number of hydrogen-bond acceptors (Lipinski definition) is 5. The van der Waals surface area contributed by atoms with Crippen molar-refractivity contribution in [1.29, 1.82) is 0 Å². The molecule has 0 aliphatic heterocycles. The van der Waals surface area contributed by atoms with Crippen LogP contribution >= 0.6 is 0 Å². The molecule has 98 valence electrons. The highest BCUT2D eigenvalue weighted by Gasteiger charge is 2.08. The van der Waals surface area contributed by atoms with Crippen molar-refractivity contribution >= 4 is 5.78 Å². The molecular formula is C14H14N2O3. The second-order valence-corrected chi connectivity index (χ2v) is 3.88. The van der Waals surface area contributed by atoms with Crippen LogP contribution in [0.15, 0.2) is 36.7 Å². The first kappa shape index (κ1) is 13.0. The molecule has 1 heterocycles. The van der Waals surface area contributed by atoms with Crippen LogP contribution in [0.25, 0.3) is 0 Å². The van der Waals surface area contributed by atoms with Crippen LogP contribution in [0.1, 0.15) is 23.1 Å². The summed E-state index contributed by atoms with van der Waals surface area (Å²) < 4.78 is 10.8. The highest BCUT2D eigenvalue weighted by molar-refractivity contribution is 5.94. The summed E-state index contributed by atoms with van der Waals surface area (Å²) in [5.74, 6) is 1.64. The summed E-state index contributed by atoms with van der Waals surface area (Å²) in [6.45, 7) is 1.75. The molecule has 1 aromatic heterocycles. The van der Waals surface area contributed by atoms with Crippen LogP contribution in [0.3, 0.4) is 0 Å². The summed E-state index contributed by atoms with van der Waals surface area (Å²) in [7, 11) is 1.53. The minimum absolute atomic E-state index is 0.0174. The lowest BCUT2D eigenvalue weighted by atomic mass is 10.1. The van der Waals surface area contributed by atoms with E-state index < -0.39 is 0 Å². The molecule has 5 nitrogen and oxygen atoms in total. The fourth-order valence-corrected chi connectivity index (χ4v) is 1.55. The third-order valence-corrected chi connectivity index (χ3v) is 2.55. The Morgan fingerprint density at radius 1 is 1.21 bits per heavy atom. The second kappa shape index (κ2) is 5.95. The molecule has 0 radical (unpaired) electrons. The third kappa shape index (κ3) is 3.28. The van der Waals surface area contributed by atoms with Gasteiger partial charge < -0.3 is 9.47 Å². The molecule has 0 amide bonds. The Bertz CT molecular complexity index is 570. The SMILES string of the molecule is COc1cc(C(C)=O)ccc1OCc1ncccn1. The summed E-state index contributed by atoms with van der Waals surface area (Å²) in [6, 6.07) is 6.81. The lowest BCUT2D eigenvalue weighted by molar-refractivity contribution is 0.101. The summed E-state index contributed by atoms with van der Waals surface area (Å²) >= 11 is 0. The number of methoxy groups -OCH3 is 1. The average molecular weight is 258 g/mol. The van der Waals surface area contributed by atoms with Gasteiger partial charge in [0.15, 0.2) is 23.1 Å². The van der Waals surface area contributed by atoms with Crippen LogP contribution < -0.4 is 9.47 Å². The molecule has 2 aromatic rings. The highest BCUT2D eigenvalue weighted by atomic mass is 16.5. The number of ketones is 1. The number of benzene rings is 1. The van der Waals surface area contributed by atoms with Gasteiger partial charge in [0, 0.05) is 18.0 Å². The number of aromatic nitrogens is 2. The zero-order valence-electron chi connectivity index (χ0n) is 10.8. The molecule has 0 unspecified atom stereocenters. The molecule has 0 fully saturated rings. The Hall–Kier alpha value is -2.43. The Labute approximate surface area is 111 Å². The van der Waals surface area contributed by atoms with Gasteiger partial charge in [0.1, 0.15) is 6.61 Å². The third-order valence-electron chi connectivity index (χ3n) is 2.55. The van der Waals surface area contributed by atoms with E-state index in [1.54, 1.807) is 36.7 Å². The molecule has 0 spiro atoms. The zero-order valence-corrected chi connectivity index (χ0v) is 10.8. The van der Waals surface area contributed by atoms with E-state index in [0.29, 0.717) is 22.9 Å². The second-order valence-electron chi connectivity index (χ2n) is 3.88. The van der Waals surface area contributed by atoms with E-state index in [-0.39, 0.29) is 12.4 Å². The molecular weight excluding hydrogens is 244 g/mol. The lowest BCUT2D eigenvalue weighted by Crippen LogP contribution is -2.02. The molecule has 0 aliphatic rings. The van der Waals surface area contributed by atoms with Crippen molar-refractivity contribution in [2.24, 2.45) is 0 Å². The molecule has 0 bridgehead atoms. The molecule has 5 heteroatoms. The minimum atomic E-state index is -0.0174. The average Bonchev–Trinajstić information content (AvgIpc) is 2.45. The van der Waals surface area contributed by atoms with E-state index in [0.717, 1.165) is 0 Å². The van der Waals surface area contributed by atoms with E-state index in [4.69, 9.17) is 9.47 Å². The van der Waals surface area contributed by atoms with Crippen molar-refractivity contribution < 1.29 is 14.3 Å². The van der Waals surface area contributed by atoms with Crippen LogP contribution in [0.5, 0.6) is 11.5 Å². The smallest absolute Gasteiger partial charge is 0.166 e. The Morgan fingerprint density at radius 3 is 2.58 bits per heavy atom. The summed E-state index contributed by atoms with van der Waals surface area (Å²) in [4.78, 5) is 19.4. The molecule has 0 N–H and O–H groups in total. The van der Waals surface area contributed by atoms with Crippen molar-refractivity contribution in [1.82, 2.24) is 9.97 Å². The van der Waals surface area contributed by atoms with Crippen molar-refractivity contribution in [3.63, 3.8) is 0 Å². The predicted molar refractivity (Wildman–Crippen MR) is 69.4 cm³/mol. The van der Waals surface area contributed by atoms with E-state index in [9.17, 15) is 4.79 Å². The van der Waals surface area contributed by atoms with Crippen LogP contribution in [0, 0.1) is 0 Å². The van der Waals surface area contributed by atoms with Gasteiger partial charge in [-0.25, -0.2) is 9.97 Å². The van der Waals surface area contributed by atoms with Crippen LogP contribution in [0.4, 0.5) is 0 Å². The zero-order chi connectivity index (χ0) is 13.7. The molecule has 0 saturated heterocycles. The van der Waals surface area contributed by atoms with Crippen molar-refractivity contribution in [3.05, 3.63) is 48.0 Å². The van der Waals surface area contributed by atoms with Gasteiger partial charge in [-0.15, -0.1) is 0 Å². The van der Waals surface area contributed by atoms with Gasteiger partial charge in [-0.3, -0.25) is 4.79 Å². The predicted octanol–water partition coefficient (Wildman–Crippen LogP) is 2.27. The topological polar surface area (TPSA) is 61.3 Å². The van der Waals surface area contributed by atoms with E-state index >= 15 is 0 Å². The van der Waals surface area contributed by atoms with E-state index in [2.05, 4.69) is 9.97 Å². The van der Waals surface area contributed by atoms with Crippen molar-refractivity contribution in [2.45, 2.75) is 13.5 Å². The molecule has 1 aromatic carbocycles. The number of ether oxygens (including phenoxy) is 2. The van der Waals surface area contributed by atoms with Gasteiger partial charge in [0.25, 0.3) is 0 Å².